The average Bonchev–Trinajstić information content (AvgIpc) is 2.45. The van der Waals surface area contributed by atoms with Crippen molar-refractivity contribution in [2.75, 3.05) is 13.1 Å². The maximum absolute atomic E-state index is 12.4. The van der Waals surface area contributed by atoms with E-state index in [1.54, 1.807) is 24.3 Å². The molecule has 0 saturated carbocycles. The van der Waals surface area contributed by atoms with Crippen LogP contribution in [-0.2, 0) is 9.59 Å². The van der Waals surface area contributed by atoms with Crippen molar-refractivity contribution >= 4 is 11.9 Å². The van der Waals surface area contributed by atoms with Crippen LogP contribution in [0.1, 0.15) is 31.4 Å². The van der Waals surface area contributed by atoms with Gasteiger partial charge in [-0.05, 0) is 31.9 Å². The summed E-state index contributed by atoms with van der Waals surface area (Å²) in [6.45, 7) is 3.36. The van der Waals surface area contributed by atoms with Crippen LogP contribution in [0.2, 0.25) is 0 Å². The number of carbonyl (C=O) groups is 2. The number of carboxylic acid groups (broad SMARTS) is 1. The molecular weight excluding hydrogens is 256 g/mol. The van der Waals surface area contributed by atoms with Gasteiger partial charge in [0.15, 0.2) is 6.04 Å². The first kappa shape index (κ1) is 14.5. The van der Waals surface area contributed by atoms with E-state index in [2.05, 4.69) is 10.6 Å². The molecule has 1 aliphatic heterocycles. The van der Waals surface area contributed by atoms with Gasteiger partial charge in [-0.3, -0.25) is 4.79 Å². The lowest BCUT2D eigenvalue weighted by molar-refractivity contribution is -0.144. The topological polar surface area (TPSA) is 78.4 Å². The first-order chi connectivity index (χ1) is 9.53. The highest BCUT2D eigenvalue weighted by atomic mass is 16.4. The molecular formula is C15H20N2O3. The molecule has 1 aromatic rings. The number of carbonyl (C=O) groups excluding carboxylic acids is 1. The lowest BCUT2D eigenvalue weighted by Gasteiger charge is -2.33. The van der Waals surface area contributed by atoms with E-state index in [4.69, 9.17) is 0 Å². The highest BCUT2D eigenvalue weighted by Crippen LogP contribution is 2.27. The van der Waals surface area contributed by atoms with Crippen molar-refractivity contribution in [3.05, 3.63) is 35.9 Å². The second kappa shape index (κ2) is 6.05. The summed E-state index contributed by atoms with van der Waals surface area (Å²) in [5.41, 5.74) is 0.0431. The molecule has 1 aliphatic rings. The van der Waals surface area contributed by atoms with Crippen LogP contribution in [0.5, 0.6) is 0 Å². The van der Waals surface area contributed by atoms with Crippen LogP contribution in [0.25, 0.3) is 0 Å². The van der Waals surface area contributed by atoms with E-state index in [-0.39, 0.29) is 5.91 Å². The number of hydrogen-bond donors (Lipinski definition) is 3. The van der Waals surface area contributed by atoms with Crippen LogP contribution in [0, 0.1) is 5.41 Å². The van der Waals surface area contributed by atoms with Gasteiger partial charge in [0.25, 0.3) is 0 Å². The summed E-state index contributed by atoms with van der Waals surface area (Å²) in [6, 6.07) is 7.77. The normalized spacial score (nSPS) is 23.9. The number of benzene rings is 1. The zero-order valence-electron chi connectivity index (χ0n) is 11.6. The molecule has 108 valence electrons. The fraction of sp³-hybridized carbons (Fsp3) is 0.467. The van der Waals surface area contributed by atoms with Gasteiger partial charge in [0.2, 0.25) is 5.91 Å². The SMILES string of the molecule is CC1(C(=O)N[C@H](C(=O)O)c2ccccc2)CCCNC1. The fourth-order valence-electron chi connectivity index (χ4n) is 2.49. The number of rotatable bonds is 4. The van der Waals surface area contributed by atoms with Crippen LogP contribution in [0.4, 0.5) is 0 Å². The van der Waals surface area contributed by atoms with Gasteiger partial charge in [-0.2, -0.15) is 0 Å². The van der Waals surface area contributed by atoms with Gasteiger partial charge in [-0.1, -0.05) is 30.3 Å². The van der Waals surface area contributed by atoms with Gasteiger partial charge < -0.3 is 15.7 Å². The Morgan fingerprint density at radius 3 is 2.60 bits per heavy atom. The van der Waals surface area contributed by atoms with Crippen molar-refractivity contribution in [3.8, 4) is 0 Å². The molecule has 1 aromatic carbocycles. The van der Waals surface area contributed by atoms with Crippen molar-refractivity contribution in [2.24, 2.45) is 5.41 Å². The summed E-state index contributed by atoms with van der Waals surface area (Å²) < 4.78 is 0. The highest BCUT2D eigenvalue weighted by Gasteiger charge is 2.37. The molecule has 20 heavy (non-hydrogen) atoms. The zero-order valence-corrected chi connectivity index (χ0v) is 11.6. The van der Waals surface area contributed by atoms with Gasteiger partial charge in [-0.15, -0.1) is 0 Å². The molecule has 1 unspecified atom stereocenters. The van der Waals surface area contributed by atoms with E-state index < -0.39 is 17.4 Å². The molecule has 2 atom stereocenters. The van der Waals surface area contributed by atoms with E-state index in [1.165, 1.54) is 0 Å². The quantitative estimate of drug-likeness (QED) is 0.775. The Kier molecular flexibility index (Phi) is 4.39. The number of amides is 1. The minimum Gasteiger partial charge on any atom is -0.479 e. The number of aliphatic carboxylic acids is 1. The second-order valence-corrected chi connectivity index (χ2v) is 5.50. The van der Waals surface area contributed by atoms with Gasteiger partial charge in [-0.25, -0.2) is 4.79 Å². The summed E-state index contributed by atoms with van der Waals surface area (Å²) in [7, 11) is 0. The fourth-order valence-corrected chi connectivity index (χ4v) is 2.49. The number of hydrogen-bond acceptors (Lipinski definition) is 3. The number of carboxylic acids is 1. The zero-order chi connectivity index (χ0) is 14.6. The van der Waals surface area contributed by atoms with Gasteiger partial charge in [0, 0.05) is 6.54 Å². The Balaban J connectivity index is 2.12. The third-order valence-electron chi connectivity index (χ3n) is 3.80. The van der Waals surface area contributed by atoms with E-state index in [0.717, 1.165) is 19.4 Å². The molecule has 0 radical (unpaired) electrons. The van der Waals surface area contributed by atoms with E-state index in [0.29, 0.717) is 12.1 Å². The van der Waals surface area contributed by atoms with Gasteiger partial charge in [0.1, 0.15) is 0 Å². The summed E-state index contributed by atoms with van der Waals surface area (Å²) in [5.74, 6) is -1.25. The molecule has 1 amide bonds. The van der Waals surface area contributed by atoms with Crippen molar-refractivity contribution in [2.45, 2.75) is 25.8 Å². The summed E-state index contributed by atoms with van der Waals surface area (Å²) in [6.07, 6.45) is 1.69. The Labute approximate surface area is 118 Å². The Hall–Kier alpha value is -1.88. The third kappa shape index (κ3) is 3.17. The molecule has 1 heterocycles. The second-order valence-electron chi connectivity index (χ2n) is 5.50. The van der Waals surface area contributed by atoms with Crippen LogP contribution >= 0.6 is 0 Å². The molecule has 1 saturated heterocycles. The van der Waals surface area contributed by atoms with Crippen molar-refractivity contribution < 1.29 is 14.7 Å². The Morgan fingerprint density at radius 2 is 2.05 bits per heavy atom. The number of piperidine rings is 1. The minimum absolute atomic E-state index is 0.207. The van der Waals surface area contributed by atoms with E-state index in [1.807, 2.05) is 13.0 Å². The Bertz CT molecular complexity index is 481. The highest BCUT2D eigenvalue weighted by molar-refractivity contribution is 5.88. The van der Waals surface area contributed by atoms with Crippen LogP contribution in [0.3, 0.4) is 0 Å². The summed E-state index contributed by atoms with van der Waals surface area (Å²) >= 11 is 0. The molecule has 0 aromatic heterocycles. The molecule has 0 bridgehead atoms. The monoisotopic (exact) mass is 276 g/mol. The van der Waals surface area contributed by atoms with Crippen LogP contribution < -0.4 is 10.6 Å². The van der Waals surface area contributed by atoms with Crippen molar-refractivity contribution in [3.63, 3.8) is 0 Å². The predicted octanol–water partition coefficient (Wildman–Crippen LogP) is 1.32. The molecule has 5 nitrogen and oxygen atoms in total. The summed E-state index contributed by atoms with van der Waals surface area (Å²) in [4.78, 5) is 23.8. The lowest BCUT2D eigenvalue weighted by atomic mass is 9.81. The van der Waals surface area contributed by atoms with Crippen molar-refractivity contribution in [1.82, 2.24) is 10.6 Å². The minimum atomic E-state index is -1.04. The van der Waals surface area contributed by atoms with Gasteiger partial charge in [0.05, 0.1) is 5.41 Å². The molecule has 3 N–H and O–H groups in total. The third-order valence-corrected chi connectivity index (χ3v) is 3.80. The van der Waals surface area contributed by atoms with Crippen LogP contribution in [0.15, 0.2) is 30.3 Å². The lowest BCUT2D eigenvalue weighted by Crippen LogP contribution is -2.50. The smallest absolute Gasteiger partial charge is 0.330 e. The predicted molar refractivity (Wildman–Crippen MR) is 75.2 cm³/mol. The average molecular weight is 276 g/mol. The maximum Gasteiger partial charge on any atom is 0.330 e. The molecule has 0 spiro atoms. The molecule has 5 heteroatoms. The first-order valence-corrected chi connectivity index (χ1v) is 6.82. The first-order valence-electron chi connectivity index (χ1n) is 6.82. The molecule has 0 aliphatic carbocycles. The standard InChI is InChI=1S/C15H20N2O3/c1-15(8-5-9-16-10-15)14(20)17-12(13(18)19)11-6-3-2-4-7-11/h2-4,6-7,12,16H,5,8-10H2,1H3,(H,17,20)(H,18,19)/t12-,15?/m0/s1. The van der Waals surface area contributed by atoms with Crippen molar-refractivity contribution in [1.29, 1.82) is 0 Å². The van der Waals surface area contributed by atoms with Gasteiger partial charge >= 0.3 is 5.97 Å². The Morgan fingerprint density at radius 1 is 1.35 bits per heavy atom. The maximum atomic E-state index is 12.4. The number of nitrogens with one attached hydrogen (secondary N) is 2. The van der Waals surface area contributed by atoms with E-state index in [9.17, 15) is 14.7 Å². The van der Waals surface area contributed by atoms with E-state index >= 15 is 0 Å². The van der Waals surface area contributed by atoms with Crippen LogP contribution in [-0.4, -0.2) is 30.1 Å². The summed E-state index contributed by atoms with van der Waals surface area (Å²) in [5, 5.41) is 15.2. The molecule has 2 rings (SSSR count). The molecule has 1 fully saturated rings. The largest absolute Gasteiger partial charge is 0.479 e.